The van der Waals surface area contributed by atoms with E-state index >= 15 is 0 Å². The molecule has 1 amide bonds. The van der Waals surface area contributed by atoms with Crippen LogP contribution in [0.1, 0.15) is 6.42 Å². The van der Waals surface area contributed by atoms with E-state index in [4.69, 9.17) is 17.0 Å². The summed E-state index contributed by atoms with van der Waals surface area (Å²) >= 11 is 5.11. The molecule has 1 saturated heterocycles. The number of rotatable bonds is 2. The Bertz CT molecular complexity index is 416. The van der Waals surface area contributed by atoms with E-state index in [-0.39, 0.29) is 5.91 Å². The van der Waals surface area contributed by atoms with Crippen LogP contribution in [0.5, 0.6) is 5.75 Å². The summed E-state index contributed by atoms with van der Waals surface area (Å²) in [4.78, 5) is 13.0. The van der Waals surface area contributed by atoms with Crippen molar-refractivity contribution >= 4 is 28.9 Å². The predicted molar refractivity (Wildman–Crippen MR) is 65.7 cm³/mol. The molecule has 0 saturated carbocycles. The van der Waals surface area contributed by atoms with Crippen molar-refractivity contribution in [1.29, 1.82) is 0 Å². The van der Waals surface area contributed by atoms with Gasteiger partial charge < -0.3 is 15.0 Å². The number of carbonyl (C=O) groups excluding carboxylic acids is 1. The average Bonchev–Trinajstić information content (AvgIpc) is 2.29. The van der Waals surface area contributed by atoms with Gasteiger partial charge in [0.05, 0.1) is 7.11 Å². The molecule has 2 rings (SSSR count). The Morgan fingerprint density at radius 3 is 2.62 bits per heavy atom. The van der Waals surface area contributed by atoms with Crippen LogP contribution < -0.4 is 15.0 Å². The number of nitrogens with one attached hydrogen (secondary N) is 1. The standard InChI is InChI=1S/C11H12N2O2S/c1-15-9-4-2-8(3-5-9)13-7-6-10(14)12-11(13)16/h2-5H,6-7H2,1H3,(H,12,14,16). The minimum atomic E-state index is -0.0187. The Labute approximate surface area is 99.2 Å². The van der Waals surface area contributed by atoms with Gasteiger partial charge in [-0.2, -0.15) is 0 Å². The summed E-state index contributed by atoms with van der Waals surface area (Å²) in [5.41, 5.74) is 0.964. The average molecular weight is 236 g/mol. The lowest BCUT2D eigenvalue weighted by molar-refractivity contribution is -0.119. The van der Waals surface area contributed by atoms with Crippen LogP contribution in [-0.4, -0.2) is 24.7 Å². The number of methoxy groups -OCH3 is 1. The molecule has 1 fully saturated rings. The van der Waals surface area contributed by atoms with Gasteiger partial charge in [0.25, 0.3) is 0 Å². The van der Waals surface area contributed by atoms with Crippen LogP contribution in [0.15, 0.2) is 24.3 Å². The number of carbonyl (C=O) groups is 1. The zero-order valence-electron chi connectivity index (χ0n) is 8.90. The monoisotopic (exact) mass is 236 g/mol. The van der Waals surface area contributed by atoms with Crippen LogP contribution in [0.2, 0.25) is 0 Å². The Morgan fingerprint density at radius 1 is 1.38 bits per heavy atom. The van der Waals surface area contributed by atoms with Crippen LogP contribution in [0.3, 0.4) is 0 Å². The maximum Gasteiger partial charge on any atom is 0.227 e. The predicted octanol–water partition coefficient (Wildman–Crippen LogP) is 1.31. The van der Waals surface area contributed by atoms with Gasteiger partial charge >= 0.3 is 0 Å². The summed E-state index contributed by atoms with van der Waals surface area (Å²) in [5, 5.41) is 3.10. The van der Waals surface area contributed by atoms with Crippen molar-refractivity contribution < 1.29 is 9.53 Å². The fraction of sp³-hybridized carbons (Fsp3) is 0.273. The van der Waals surface area contributed by atoms with E-state index in [2.05, 4.69) is 5.32 Å². The topological polar surface area (TPSA) is 41.6 Å². The first kappa shape index (κ1) is 10.9. The maximum atomic E-state index is 11.1. The summed E-state index contributed by atoms with van der Waals surface area (Å²) in [6.45, 7) is 0.622. The number of hydrogen-bond acceptors (Lipinski definition) is 3. The second-order valence-corrected chi connectivity index (χ2v) is 3.84. The smallest absolute Gasteiger partial charge is 0.227 e. The summed E-state index contributed by atoms with van der Waals surface area (Å²) < 4.78 is 5.08. The molecule has 1 N–H and O–H groups in total. The Morgan fingerprint density at radius 2 is 2.06 bits per heavy atom. The SMILES string of the molecule is COc1ccc(N2CCC(=O)NC2=S)cc1. The molecule has 84 valence electrons. The van der Waals surface area contributed by atoms with E-state index in [0.29, 0.717) is 18.1 Å². The third kappa shape index (κ3) is 2.14. The van der Waals surface area contributed by atoms with Gasteiger partial charge in [0.2, 0.25) is 5.91 Å². The Kier molecular flexibility index (Phi) is 3.05. The quantitative estimate of drug-likeness (QED) is 0.786. The molecule has 1 aromatic rings. The second-order valence-electron chi connectivity index (χ2n) is 3.45. The number of nitrogens with zero attached hydrogens (tertiary/aromatic N) is 1. The lowest BCUT2D eigenvalue weighted by Crippen LogP contribution is -2.49. The molecule has 1 aromatic carbocycles. The van der Waals surface area contributed by atoms with E-state index in [0.717, 1.165) is 11.4 Å². The Hall–Kier alpha value is -1.62. The molecule has 0 unspecified atom stereocenters. The van der Waals surface area contributed by atoms with E-state index in [9.17, 15) is 4.79 Å². The minimum absolute atomic E-state index is 0.0187. The van der Waals surface area contributed by atoms with Gasteiger partial charge in [-0.3, -0.25) is 4.79 Å². The van der Waals surface area contributed by atoms with E-state index in [1.54, 1.807) is 7.11 Å². The van der Waals surface area contributed by atoms with Crippen LogP contribution in [-0.2, 0) is 4.79 Å². The molecule has 0 bridgehead atoms. The number of anilines is 1. The number of ether oxygens (including phenoxy) is 1. The molecular weight excluding hydrogens is 224 g/mol. The number of amides is 1. The molecule has 0 aliphatic carbocycles. The van der Waals surface area contributed by atoms with Crippen molar-refractivity contribution in [2.75, 3.05) is 18.6 Å². The highest BCUT2D eigenvalue weighted by molar-refractivity contribution is 7.80. The first-order chi connectivity index (χ1) is 7.70. The van der Waals surface area contributed by atoms with Crippen molar-refractivity contribution in [3.05, 3.63) is 24.3 Å². The highest BCUT2D eigenvalue weighted by Crippen LogP contribution is 2.20. The van der Waals surface area contributed by atoms with Crippen LogP contribution in [0, 0.1) is 0 Å². The van der Waals surface area contributed by atoms with Gasteiger partial charge in [-0.25, -0.2) is 0 Å². The molecule has 1 aliphatic heterocycles. The molecule has 0 aromatic heterocycles. The minimum Gasteiger partial charge on any atom is -0.497 e. The molecular formula is C11H12N2O2S. The van der Waals surface area contributed by atoms with Crippen molar-refractivity contribution in [2.24, 2.45) is 0 Å². The fourth-order valence-corrected chi connectivity index (χ4v) is 1.88. The van der Waals surface area contributed by atoms with Crippen molar-refractivity contribution in [3.8, 4) is 5.75 Å². The number of thiocarbonyl (C=S) groups is 1. The van der Waals surface area contributed by atoms with Gasteiger partial charge in [-0.1, -0.05) is 0 Å². The van der Waals surface area contributed by atoms with E-state index in [1.165, 1.54) is 0 Å². The van der Waals surface area contributed by atoms with Crippen LogP contribution >= 0.6 is 12.2 Å². The molecule has 0 atom stereocenters. The molecule has 0 spiro atoms. The lowest BCUT2D eigenvalue weighted by Gasteiger charge is -2.29. The third-order valence-electron chi connectivity index (χ3n) is 2.44. The number of benzene rings is 1. The van der Waals surface area contributed by atoms with Crippen molar-refractivity contribution in [2.45, 2.75) is 6.42 Å². The highest BCUT2D eigenvalue weighted by Gasteiger charge is 2.20. The van der Waals surface area contributed by atoms with Gasteiger partial charge in [-0.05, 0) is 36.5 Å². The normalized spacial score (nSPS) is 15.9. The molecule has 16 heavy (non-hydrogen) atoms. The zero-order valence-corrected chi connectivity index (χ0v) is 9.71. The second kappa shape index (κ2) is 4.49. The maximum absolute atomic E-state index is 11.1. The number of hydrogen-bond donors (Lipinski definition) is 1. The summed E-state index contributed by atoms with van der Waals surface area (Å²) in [6.07, 6.45) is 0.464. The van der Waals surface area contributed by atoms with Gasteiger partial charge in [0.1, 0.15) is 5.75 Å². The summed E-state index contributed by atoms with van der Waals surface area (Å²) in [6, 6.07) is 7.58. The van der Waals surface area contributed by atoms with Crippen molar-refractivity contribution in [3.63, 3.8) is 0 Å². The van der Waals surface area contributed by atoms with Crippen LogP contribution in [0.4, 0.5) is 5.69 Å². The van der Waals surface area contributed by atoms with Gasteiger partial charge in [0.15, 0.2) is 5.11 Å². The highest BCUT2D eigenvalue weighted by atomic mass is 32.1. The summed E-state index contributed by atoms with van der Waals surface area (Å²) in [7, 11) is 1.63. The van der Waals surface area contributed by atoms with Gasteiger partial charge in [0, 0.05) is 18.7 Å². The molecule has 5 heteroatoms. The fourth-order valence-electron chi connectivity index (χ4n) is 1.57. The molecule has 4 nitrogen and oxygen atoms in total. The summed E-state index contributed by atoms with van der Waals surface area (Å²) in [5.74, 6) is 0.783. The zero-order chi connectivity index (χ0) is 11.5. The molecule has 1 aliphatic rings. The first-order valence-electron chi connectivity index (χ1n) is 4.96. The van der Waals surface area contributed by atoms with E-state index < -0.39 is 0 Å². The molecule has 0 radical (unpaired) electrons. The first-order valence-corrected chi connectivity index (χ1v) is 5.37. The largest absolute Gasteiger partial charge is 0.497 e. The molecule has 1 heterocycles. The third-order valence-corrected chi connectivity index (χ3v) is 2.76. The van der Waals surface area contributed by atoms with E-state index in [1.807, 2.05) is 29.2 Å². The van der Waals surface area contributed by atoms with Gasteiger partial charge in [-0.15, -0.1) is 0 Å². The van der Waals surface area contributed by atoms with Crippen molar-refractivity contribution in [1.82, 2.24) is 5.32 Å². The lowest BCUT2D eigenvalue weighted by atomic mass is 10.2. The Balaban J connectivity index is 2.17. The van der Waals surface area contributed by atoms with Crippen LogP contribution in [0.25, 0.3) is 0 Å².